The summed E-state index contributed by atoms with van der Waals surface area (Å²) in [5, 5.41) is 20.2. The first kappa shape index (κ1) is 20.9. The number of anilines is 1. The van der Waals surface area contributed by atoms with Crippen LogP contribution >= 0.6 is 0 Å². The number of furan rings is 1. The molecule has 0 spiro atoms. The molecule has 1 fully saturated rings. The maximum atomic E-state index is 13.1. The maximum absolute atomic E-state index is 13.1. The van der Waals surface area contributed by atoms with Gasteiger partial charge in [-0.2, -0.15) is 5.26 Å². The highest BCUT2D eigenvalue weighted by Gasteiger charge is 2.48. The Kier molecular flexibility index (Phi) is 5.29. The first-order chi connectivity index (χ1) is 15.3. The van der Waals surface area contributed by atoms with Gasteiger partial charge in [-0.3, -0.25) is 14.5 Å². The molecule has 1 aliphatic rings. The fraction of sp³-hybridized carbons (Fsp3) is 0.160. The van der Waals surface area contributed by atoms with Crippen LogP contribution in [0.15, 0.2) is 64.6 Å². The number of nitriles is 1. The van der Waals surface area contributed by atoms with E-state index < -0.39 is 17.7 Å². The quantitative estimate of drug-likeness (QED) is 0.375. The molecular weight excluding hydrogens is 408 g/mol. The number of rotatable bonds is 4. The zero-order valence-corrected chi connectivity index (χ0v) is 17.7. The lowest BCUT2D eigenvalue weighted by Gasteiger charge is -2.23. The Hall–Kier alpha value is -4.31. The molecule has 32 heavy (non-hydrogen) atoms. The van der Waals surface area contributed by atoms with E-state index in [4.69, 9.17) is 14.4 Å². The summed E-state index contributed by atoms with van der Waals surface area (Å²) in [6, 6.07) is 15.8. The molecule has 4 rings (SSSR count). The molecule has 0 radical (unpaired) electrons. The standard InChI is InChI=1S/C25H20N2O5/c1-14-12-17(7-11-19(14)31-3)23(28)21-22(20-10-4-15(2)32-20)27(25(30)24(21)29)18-8-5-16(13-26)6-9-18/h4-12,22,28H,1-3H3/b23-21-. The van der Waals surface area contributed by atoms with E-state index in [2.05, 4.69) is 0 Å². The minimum Gasteiger partial charge on any atom is -0.507 e. The molecule has 0 bridgehead atoms. The fourth-order valence-corrected chi connectivity index (χ4v) is 3.85. The Labute approximate surface area is 184 Å². The number of hydrogen-bond acceptors (Lipinski definition) is 6. The largest absolute Gasteiger partial charge is 0.507 e. The molecule has 0 aliphatic carbocycles. The topological polar surface area (TPSA) is 104 Å². The van der Waals surface area contributed by atoms with Gasteiger partial charge in [0.1, 0.15) is 29.1 Å². The Morgan fingerprint density at radius 1 is 1.09 bits per heavy atom. The molecule has 1 saturated heterocycles. The van der Waals surface area contributed by atoms with Crippen LogP contribution < -0.4 is 9.64 Å². The Bertz CT molecular complexity index is 1290. The molecule has 1 unspecified atom stereocenters. The lowest BCUT2D eigenvalue weighted by atomic mass is 9.98. The number of nitrogens with zero attached hydrogens (tertiary/aromatic N) is 2. The van der Waals surface area contributed by atoms with Gasteiger partial charge in [0.2, 0.25) is 0 Å². The first-order valence-corrected chi connectivity index (χ1v) is 9.88. The summed E-state index contributed by atoms with van der Waals surface area (Å²) in [7, 11) is 1.55. The van der Waals surface area contributed by atoms with Crippen molar-refractivity contribution in [2.75, 3.05) is 12.0 Å². The number of aliphatic hydroxyl groups excluding tert-OH is 1. The van der Waals surface area contributed by atoms with Crippen molar-refractivity contribution < 1.29 is 23.8 Å². The number of ether oxygens (including phenoxy) is 1. The Morgan fingerprint density at radius 3 is 2.38 bits per heavy atom. The number of carbonyl (C=O) groups is 2. The molecule has 1 aromatic heterocycles. The van der Waals surface area contributed by atoms with Crippen LogP contribution in [-0.4, -0.2) is 23.9 Å². The zero-order chi connectivity index (χ0) is 23.0. The van der Waals surface area contributed by atoms with Crippen LogP contribution in [0.4, 0.5) is 5.69 Å². The highest BCUT2D eigenvalue weighted by atomic mass is 16.5. The molecule has 0 saturated carbocycles. The van der Waals surface area contributed by atoms with Crippen LogP contribution in [0.5, 0.6) is 5.75 Å². The molecule has 160 valence electrons. The van der Waals surface area contributed by atoms with Crippen molar-refractivity contribution in [2.45, 2.75) is 19.9 Å². The third-order valence-electron chi connectivity index (χ3n) is 5.42. The van der Waals surface area contributed by atoms with Crippen molar-refractivity contribution >= 4 is 23.1 Å². The molecule has 1 N–H and O–H groups in total. The van der Waals surface area contributed by atoms with Crippen LogP contribution in [-0.2, 0) is 9.59 Å². The van der Waals surface area contributed by atoms with E-state index in [1.54, 1.807) is 68.6 Å². The van der Waals surface area contributed by atoms with E-state index in [0.29, 0.717) is 34.1 Å². The number of Topliss-reactive ketones (excluding diaryl/α,β-unsaturated/α-hetero) is 1. The molecule has 7 nitrogen and oxygen atoms in total. The van der Waals surface area contributed by atoms with Gasteiger partial charge in [0.25, 0.3) is 11.7 Å². The van der Waals surface area contributed by atoms with Crippen molar-refractivity contribution in [2.24, 2.45) is 0 Å². The van der Waals surface area contributed by atoms with Gasteiger partial charge >= 0.3 is 0 Å². The van der Waals surface area contributed by atoms with E-state index in [0.717, 1.165) is 5.56 Å². The summed E-state index contributed by atoms with van der Waals surface area (Å²) >= 11 is 0. The van der Waals surface area contributed by atoms with Gasteiger partial charge in [-0.1, -0.05) is 0 Å². The van der Waals surface area contributed by atoms with Gasteiger partial charge in [0, 0.05) is 11.3 Å². The minimum atomic E-state index is -0.959. The maximum Gasteiger partial charge on any atom is 0.300 e. The van der Waals surface area contributed by atoms with E-state index in [9.17, 15) is 14.7 Å². The first-order valence-electron chi connectivity index (χ1n) is 9.88. The van der Waals surface area contributed by atoms with Crippen LogP contribution in [0.3, 0.4) is 0 Å². The molecule has 2 aromatic carbocycles. The highest BCUT2D eigenvalue weighted by Crippen LogP contribution is 2.43. The van der Waals surface area contributed by atoms with Crippen LogP contribution in [0, 0.1) is 25.2 Å². The number of amides is 1. The average molecular weight is 428 g/mol. The van der Waals surface area contributed by atoms with Crippen molar-refractivity contribution in [1.29, 1.82) is 5.26 Å². The molecular formula is C25H20N2O5. The summed E-state index contributed by atoms with van der Waals surface area (Å²) < 4.78 is 11.0. The fourth-order valence-electron chi connectivity index (χ4n) is 3.85. The van der Waals surface area contributed by atoms with Crippen molar-refractivity contribution in [1.82, 2.24) is 0 Å². The summed E-state index contributed by atoms with van der Waals surface area (Å²) in [6.45, 7) is 3.57. The molecule has 2 heterocycles. The van der Waals surface area contributed by atoms with E-state index >= 15 is 0 Å². The second-order valence-corrected chi connectivity index (χ2v) is 7.46. The highest BCUT2D eigenvalue weighted by molar-refractivity contribution is 6.51. The van der Waals surface area contributed by atoms with Crippen molar-refractivity contribution in [3.8, 4) is 11.8 Å². The average Bonchev–Trinajstić information content (AvgIpc) is 3.34. The van der Waals surface area contributed by atoms with E-state index in [1.165, 1.54) is 4.90 Å². The number of ketones is 1. The predicted molar refractivity (Wildman–Crippen MR) is 117 cm³/mol. The van der Waals surface area contributed by atoms with Gasteiger partial charge in [0.05, 0.1) is 24.3 Å². The summed E-state index contributed by atoms with van der Waals surface area (Å²) in [4.78, 5) is 27.4. The van der Waals surface area contributed by atoms with Crippen LogP contribution in [0.25, 0.3) is 5.76 Å². The SMILES string of the molecule is COc1ccc(/C(O)=C2/C(=O)C(=O)N(c3ccc(C#N)cc3)C2c2ccc(C)o2)cc1C. The van der Waals surface area contributed by atoms with Gasteiger partial charge < -0.3 is 14.3 Å². The van der Waals surface area contributed by atoms with Crippen molar-refractivity contribution in [3.63, 3.8) is 0 Å². The predicted octanol–water partition coefficient (Wildman–Crippen LogP) is 4.40. The number of benzene rings is 2. The zero-order valence-electron chi connectivity index (χ0n) is 17.7. The van der Waals surface area contributed by atoms with Crippen LogP contribution in [0.1, 0.15) is 34.3 Å². The van der Waals surface area contributed by atoms with E-state index in [1.807, 2.05) is 13.0 Å². The molecule has 1 amide bonds. The third-order valence-corrected chi connectivity index (χ3v) is 5.42. The lowest BCUT2D eigenvalue weighted by Crippen LogP contribution is -2.29. The smallest absolute Gasteiger partial charge is 0.300 e. The van der Waals surface area contributed by atoms with Gasteiger partial charge in [-0.15, -0.1) is 0 Å². The van der Waals surface area contributed by atoms with Gasteiger partial charge in [-0.25, -0.2) is 0 Å². The molecule has 1 atom stereocenters. The second-order valence-electron chi connectivity index (χ2n) is 7.46. The summed E-state index contributed by atoms with van der Waals surface area (Å²) in [6.07, 6.45) is 0. The molecule has 1 aliphatic heterocycles. The second kappa shape index (κ2) is 8.08. The van der Waals surface area contributed by atoms with Crippen molar-refractivity contribution in [3.05, 3.63) is 88.4 Å². The normalized spacial score (nSPS) is 17.4. The number of carbonyl (C=O) groups excluding carboxylic acids is 2. The van der Waals surface area contributed by atoms with Gasteiger partial charge in [0.15, 0.2) is 0 Å². The number of aryl methyl sites for hydroxylation is 2. The molecule has 3 aromatic rings. The summed E-state index contributed by atoms with van der Waals surface area (Å²) in [5.74, 6) is -0.328. The third kappa shape index (κ3) is 3.42. The minimum absolute atomic E-state index is 0.0710. The molecule has 7 heteroatoms. The number of aliphatic hydroxyl groups is 1. The Morgan fingerprint density at radius 2 is 1.81 bits per heavy atom. The van der Waals surface area contributed by atoms with Crippen LogP contribution in [0.2, 0.25) is 0 Å². The van der Waals surface area contributed by atoms with E-state index in [-0.39, 0.29) is 11.3 Å². The summed E-state index contributed by atoms with van der Waals surface area (Å²) in [5.41, 5.74) is 1.91. The number of hydrogen-bond donors (Lipinski definition) is 1. The number of methoxy groups -OCH3 is 1. The lowest BCUT2D eigenvalue weighted by molar-refractivity contribution is -0.132. The Balaban J connectivity index is 1.91. The monoisotopic (exact) mass is 428 g/mol. The van der Waals surface area contributed by atoms with Gasteiger partial charge in [-0.05, 0) is 74.0 Å².